The predicted molar refractivity (Wildman–Crippen MR) is 146 cm³/mol. The van der Waals surface area contributed by atoms with Gasteiger partial charge in [-0.1, -0.05) is 34.1 Å². The van der Waals surface area contributed by atoms with E-state index in [-0.39, 0.29) is 24.3 Å². The lowest BCUT2D eigenvalue weighted by Crippen LogP contribution is -2.54. The molecule has 0 amide bonds. The van der Waals surface area contributed by atoms with Crippen LogP contribution in [0.3, 0.4) is 0 Å². The number of rotatable bonds is 16. The van der Waals surface area contributed by atoms with Gasteiger partial charge in [0, 0.05) is 31.0 Å². The number of carboxylic acid groups (broad SMARTS) is 1. The summed E-state index contributed by atoms with van der Waals surface area (Å²) in [7, 11) is 1.92. The van der Waals surface area contributed by atoms with Crippen LogP contribution < -0.4 is 5.73 Å². The quantitative estimate of drug-likeness (QED) is 0.167. The fourth-order valence-corrected chi connectivity index (χ4v) is 5.82. The first-order chi connectivity index (χ1) is 17.4. The zero-order chi connectivity index (χ0) is 29.5. The van der Waals surface area contributed by atoms with Crippen LogP contribution in [0.25, 0.3) is 0 Å². The summed E-state index contributed by atoms with van der Waals surface area (Å²) in [6.07, 6.45) is -2.50. The van der Waals surface area contributed by atoms with Gasteiger partial charge in [0.2, 0.25) is 0 Å². The van der Waals surface area contributed by atoms with Gasteiger partial charge < -0.3 is 45.6 Å². The molecule has 10 heteroatoms. The Labute approximate surface area is 229 Å². The zero-order valence-corrected chi connectivity index (χ0v) is 24.9. The second-order valence-corrected chi connectivity index (χ2v) is 12.3. The van der Waals surface area contributed by atoms with Gasteiger partial charge in [-0.2, -0.15) is 0 Å². The van der Waals surface area contributed by atoms with Crippen molar-refractivity contribution >= 4 is 5.97 Å². The Bertz CT molecular complexity index is 698. The van der Waals surface area contributed by atoms with Gasteiger partial charge >= 0.3 is 5.97 Å². The van der Waals surface area contributed by atoms with E-state index < -0.39 is 66.3 Å². The van der Waals surface area contributed by atoms with Crippen LogP contribution in [-0.2, 0) is 14.3 Å². The highest BCUT2D eigenvalue weighted by Crippen LogP contribution is 2.31. The standard InChI is InChI=1S/C28H56N2O8/c1-10-11-28(8,36)26(33)19(6)30(9)14-15(2)12-16(3)23(31)17(4)25(18(5)27(34)35)38-22-13-21(29)24(32)20(7)37-22/h15-26,31-33,36H,10-14,29H2,1-9H3,(H,34,35)/t15-,16+,17-,18-,19-,20?,21?,22+,23?,24-,25?,26-,28?/m1/s1. The fourth-order valence-electron chi connectivity index (χ4n) is 5.82. The predicted octanol–water partition coefficient (Wildman–Crippen LogP) is 1.81. The summed E-state index contributed by atoms with van der Waals surface area (Å²) in [6.45, 7) is 15.2. The van der Waals surface area contributed by atoms with E-state index in [1.54, 1.807) is 27.7 Å². The molecule has 1 rings (SSSR count). The van der Waals surface area contributed by atoms with Crippen molar-refractivity contribution in [2.75, 3.05) is 13.6 Å². The molecule has 1 heterocycles. The lowest BCUT2D eigenvalue weighted by atomic mass is 9.81. The minimum absolute atomic E-state index is 0.154. The Morgan fingerprint density at radius 3 is 2.29 bits per heavy atom. The maximum absolute atomic E-state index is 11.9. The van der Waals surface area contributed by atoms with Crippen molar-refractivity contribution in [1.82, 2.24) is 4.90 Å². The molecule has 7 N–H and O–H groups in total. The Morgan fingerprint density at radius 1 is 1.21 bits per heavy atom. The van der Waals surface area contributed by atoms with Gasteiger partial charge in [-0.05, 0) is 59.4 Å². The summed E-state index contributed by atoms with van der Waals surface area (Å²) >= 11 is 0. The molecular weight excluding hydrogens is 492 g/mol. The first-order valence-corrected chi connectivity index (χ1v) is 14.2. The molecule has 0 radical (unpaired) electrons. The maximum Gasteiger partial charge on any atom is 0.308 e. The highest BCUT2D eigenvalue weighted by atomic mass is 16.7. The molecule has 226 valence electrons. The summed E-state index contributed by atoms with van der Waals surface area (Å²) in [6, 6.07) is -0.803. The SMILES string of the molecule is CCCC(C)(O)[C@H](O)[C@@H](C)N(C)C[C@H](C)C[C@H](C)C(O)[C@@H](C)C(O[C@H]1CC(N)[C@H](O)C(C)O1)[C@@H](C)C(=O)O. The summed E-state index contributed by atoms with van der Waals surface area (Å²) < 4.78 is 11.8. The molecule has 0 aromatic heterocycles. The number of likely N-dealkylation sites (N-methyl/N-ethyl adjacent to an activating group) is 1. The van der Waals surface area contributed by atoms with Crippen molar-refractivity contribution < 1.29 is 39.8 Å². The smallest absolute Gasteiger partial charge is 0.308 e. The molecule has 1 saturated heterocycles. The lowest BCUT2D eigenvalue weighted by molar-refractivity contribution is -0.256. The number of hydrogen-bond donors (Lipinski definition) is 6. The minimum Gasteiger partial charge on any atom is -0.481 e. The monoisotopic (exact) mass is 548 g/mol. The molecule has 0 aromatic carbocycles. The number of nitrogens with zero attached hydrogens (tertiary/aromatic N) is 1. The van der Waals surface area contributed by atoms with Crippen molar-refractivity contribution in [1.29, 1.82) is 0 Å². The third-order valence-electron chi connectivity index (χ3n) is 8.50. The number of aliphatic hydroxyl groups excluding tert-OH is 3. The largest absolute Gasteiger partial charge is 0.481 e. The van der Waals surface area contributed by atoms with Crippen LogP contribution >= 0.6 is 0 Å². The van der Waals surface area contributed by atoms with E-state index in [2.05, 4.69) is 6.92 Å². The molecule has 0 spiro atoms. The molecule has 0 aromatic rings. The van der Waals surface area contributed by atoms with Crippen molar-refractivity contribution in [3.63, 3.8) is 0 Å². The third-order valence-corrected chi connectivity index (χ3v) is 8.50. The average Bonchev–Trinajstić information content (AvgIpc) is 2.82. The fraction of sp³-hybridized carbons (Fsp3) is 0.964. The van der Waals surface area contributed by atoms with Crippen molar-refractivity contribution in [3.8, 4) is 0 Å². The van der Waals surface area contributed by atoms with Gasteiger partial charge in [-0.3, -0.25) is 4.79 Å². The molecule has 0 bridgehead atoms. The van der Waals surface area contributed by atoms with Gasteiger partial charge in [0.05, 0.1) is 42.0 Å². The summed E-state index contributed by atoms with van der Waals surface area (Å²) in [5.74, 6) is -2.42. The lowest BCUT2D eigenvalue weighted by Gasteiger charge is -2.41. The first-order valence-electron chi connectivity index (χ1n) is 14.2. The van der Waals surface area contributed by atoms with Crippen molar-refractivity contribution in [3.05, 3.63) is 0 Å². The van der Waals surface area contributed by atoms with Gasteiger partial charge in [0.15, 0.2) is 6.29 Å². The van der Waals surface area contributed by atoms with E-state index in [4.69, 9.17) is 15.2 Å². The average molecular weight is 549 g/mol. The van der Waals surface area contributed by atoms with E-state index in [0.717, 1.165) is 6.42 Å². The van der Waals surface area contributed by atoms with Crippen LogP contribution in [0, 0.1) is 23.7 Å². The number of carboxylic acids is 1. The van der Waals surface area contributed by atoms with Gasteiger partial charge in [0.25, 0.3) is 0 Å². The molecular formula is C28H56N2O8. The highest BCUT2D eigenvalue weighted by molar-refractivity contribution is 5.70. The highest BCUT2D eigenvalue weighted by Gasteiger charge is 2.41. The second kappa shape index (κ2) is 15.2. The van der Waals surface area contributed by atoms with E-state index in [1.165, 1.54) is 0 Å². The number of carbonyl (C=O) groups is 1. The molecule has 10 nitrogen and oxygen atoms in total. The van der Waals surface area contributed by atoms with Gasteiger partial charge in [0.1, 0.15) is 0 Å². The molecule has 1 aliphatic heterocycles. The second-order valence-electron chi connectivity index (χ2n) is 12.3. The van der Waals surface area contributed by atoms with E-state index in [9.17, 15) is 30.3 Å². The van der Waals surface area contributed by atoms with Crippen LogP contribution in [0.2, 0.25) is 0 Å². The van der Waals surface area contributed by atoms with E-state index in [1.807, 2.05) is 32.7 Å². The Hall–Kier alpha value is -0.850. The van der Waals surface area contributed by atoms with Crippen molar-refractivity contribution in [2.24, 2.45) is 29.4 Å². The normalized spacial score (nSPS) is 30.5. The maximum atomic E-state index is 11.9. The Kier molecular flexibility index (Phi) is 14.1. The molecule has 38 heavy (non-hydrogen) atoms. The number of nitrogens with two attached hydrogens (primary N) is 1. The van der Waals surface area contributed by atoms with Gasteiger partial charge in [-0.15, -0.1) is 0 Å². The minimum atomic E-state index is -1.16. The molecule has 1 aliphatic rings. The van der Waals surface area contributed by atoms with Crippen LogP contribution in [0.15, 0.2) is 0 Å². The van der Waals surface area contributed by atoms with Crippen LogP contribution in [0.5, 0.6) is 0 Å². The van der Waals surface area contributed by atoms with Crippen LogP contribution in [0.4, 0.5) is 0 Å². The number of ether oxygens (including phenoxy) is 2. The summed E-state index contributed by atoms with van der Waals surface area (Å²) in [4.78, 5) is 13.9. The summed E-state index contributed by atoms with van der Waals surface area (Å²) in [5.41, 5.74) is 4.85. The van der Waals surface area contributed by atoms with Gasteiger partial charge in [-0.25, -0.2) is 0 Å². The summed E-state index contributed by atoms with van der Waals surface area (Å²) in [5, 5.41) is 52.4. The topological polar surface area (TPSA) is 166 Å². The number of aliphatic hydroxyl groups is 4. The zero-order valence-electron chi connectivity index (χ0n) is 24.9. The molecule has 1 fully saturated rings. The van der Waals surface area contributed by atoms with Crippen molar-refractivity contribution in [2.45, 2.75) is 136 Å². The van der Waals surface area contributed by atoms with E-state index in [0.29, 0.717) is 19.4 Å². The van der Waals surface area contributed by atoms with Crippen LogP contribution in [0.1, 0.15) is 81.1 Å². The number of aliphatic carboxylic acids is 1. The Balaban J connectivity index is 2.83. The number of hydrogen-bond acceptors (Lipinski definition) is 9. The first kappa shape index (κ1) is 35.2. The molecule has 13 atom stereocenters. The molecule has 5 unspecified atom stereocenters. The van der Waals surface area contributed by atoms with E-state index >= 15 is 0 Å². The Morgan fingerprint density at radius 2 is 1.79 bits per heavy atom. The molecule has 0 saturated carbocycles. The van der Waals surface area contributed by atoms with Crippen LogP contribution in [-0.4, -0.2) is 104 Å². The third kappa shape index (κ3) is 9.66. The molecule has 0 aliphatic carbocycles.